The van der Waals surface area contributed by atoms with Gasteiger partial charge in [-0.25, -0.2) is 4.57 Å². The van der Waals surface area contributed by atoms with Crippen molar-refractivity contribution in [2.45, 2.75) is 112 Å². The first-order valence-corrected chi connectivity index (χ1v) is 18.6. The van der Waals surface area contributed by atoms with Crippen molar-refractivity contribution in [1.82, 2.24) is 4.57 Å². The molecule has 0 aliphatic carbocycles. The molecule has 0 amide bonds. The van der Waals surface area contributed by atoms with Crippen LogP contribution in [0.3, 0.4) is 0 Å². The zero-order chi connectivity index (χ0) is 37.9. The molecule has 0 N–H and O–H groups in total. The number of nitriles is 1. The maximum atomic E-state index is 10.8. The quantitative estimate of drug-likeness (QED) is 0.170. The molecule has 7 aromatic rings. The maximum Gasteiger partial charge on any atom is 0.216 e. The second-order valence-corrected chi connectivity index (χ2v) is 19.1. The van der Waals surface area contributed by atoms with E-state index in [4.69, 9.17) is 4.42 Å². The van der Waals surface area contributed by atoms with Crippen LogP contribution in [0.15, 0.2) is 77.3 Å². The van der Waals surface area contributed by atoms with E-state index in [1.54, 1.807) is 0 Å². The molecular weight excluding hydrogens is 635 g/mol. The van der Waals surface area contributed by atoms with Gasteiger partial charge in [-0.2, -0.15) is 5.26 Å². The largest absolute Gasteiger partial charge is 0.453 e. The molecule has 0 spiro atoms. The van der Waals surface area contributed by atoms with Crippen molar-refractivity contribution < 1.29 is 8.98 Å². The first-order valence-electron chi connectivity index (χ1n) is 18.6. The van der Waals surface area contributed by atoms with Crippen molar-refractivity contribution in [3.05, 3.63) is 106 Å². The summed E-state index contributed by atoms with van der Waals surface area (Å²) in [6, 6.07) is 27.2. The fourth-order valence-corrected chi connectivity index (χ4v) is 7.86. The van der Waals surface area contributed by atoms with E-state index >= 15 is 0 Å². The molecule has 0 aliphatic heterocycles. The monoisotopic (exact) mass is 688 g/mol. The fraction of sp³-hybridized carbons (Fsp3) is 0.375. The highest BCUT2D eigenvalue weighted by Gasteiger charge is 2.31. The number of aromatic nitrogens is 2. The van der Waals surface area contributed by atoms with E-state index in [1.165, 1.54) is 38.6 Å². The van der Waals surface area contributed by atoms with Crippen LogP contribution in [-0.2, 0) is 28.7 Å². The van der Waals surface area contributed by atoms with Crippen LogP contribution in [-0.4, -0.2) is 4.57 Å². The number of fused-ring (bicyclic) bond motifs is 6. The fourth-order valence-electron chi connectivity index (χ4n) is 7.86. The normalized spacial score (nSPS) is 13.2. The highest BCUT2D eigenvalue weighted by molar-refractivity contribution is 6.16. The Hall–Kier alpha value is -4.88. The first-order chi connectivity index (χ1) is 24.1. The van der Waals surface area contributed by atoms with Crippen molar-refractivity contribution in [3.8, 4) is 23.0 Å². The summed E-state index contributed by atoms with van der Waals surface area (Å²) in [5, 5.41) is 15.3. The van der Waals surface area contributed by atoms with E-state index in [0.29, 0.717) is 5.56 Å². The molecule has 0 fully saturated rings. The molecule has 0 aliphatic rings. The van der Waals surface area contributed by atoms with Gasteiger partial charge in [-0.1, -0.05) is 113 Å². The van der Waals surface area contributed by atoms with E-state index < -0.39 is 0 Å². The lowest BCUT2D eigenvalue weighted by molar-refractivity contribution is -0.661. The van der Waals surface area contributed by atoms with Crippen LogP contribution in [0.1, 0.15) is 116 Å². The smallest absolute Gasteiger partial charge is 0.216 e. The number of aryl methyl sites for hydroxylation is 2. The van der Waals surface area contributed by atoms with E-state index in [1.807, 2.05) is 6.07 Å². The Balaban J connectivity index is 1.69. The number of hydrogen-bond donors (Lipinski definition) is 0. The predicted octanol–water partition coefficient (Wildman–Crippen LogP) is 12.5. The number of rotatable bonds is 2. The second-order valence-electron chi connectivity index (χ2n) is 19.1. The zero-order valence-corrected chi connectivity index (χ0v) is 33.7. The lowest BCUT2D eigenvalue weighted by atomic mass is 9.81. The van der Waals surface area contributed by atoms with E-state index in [-0.39, 0.29) is 21.7 Å². The van der Waals surface area contributed by atoms with Gasteiger partial charge in [0.15, 0.2) is 11.8 Å². The molecule has 4 nitrogen and oxygen atoms in total. The van der Waals surface area contributed by atoms with Crippen LogP contribution in [0.2, 0.25) is 0 Å². The van der Waals surface area contributed by atoms with Crippen LogP contribution < -0.4 is 4.57 Å². The molecule has 4 aromatic carbocycles. The minimum atomic E-state index is -0.152. The van der Waals surface area contributed by atoms with Crippen LogP contribution in [0.25, 0.3) is 60.7 Å². The third kappa shape index (κ3) is 5.61. The Bertz CT molecular complexity index is 2560. The zero-order valence-electron chi connectivity index (χ0n) is 33.7. The van der Waals surface area contributed by atoms with Crippen LogP contribution >= 0.6 is 0 Å². The lowest BCUT2D eigenvalue weighted by Crippen LogP contribution is -2.33. The molecule has 3 heterocycles. The molecule has 7 rings (SSSR count). The Morgan fingerprint density at radius 2 is 1.13 bits per heavy atom. The number of benzene rings is 4. The summed E-state index contributed by atoms with van der Waals surface area (Å²) in [5.74, 6) is 0. The maximum absolute atomic E-state index is 10.8. The average Bonchev–Trinajstić information content (AvgIpc) is 3.57. The van der Waals surface area contributed by atoms with Gasteiger partial charge in [-0.15, -0.1) is 0 Å². The van der Waals surface area contributed by atoms with Gasteiger partial charge in [-0.3, -0.25) is 0 Å². The third-order valence-electron chi connectivity index (χ3n) is 11.0. The van der Waals surface area contributed by atoms with Crippen molar-refractivity contribution in [1.29, 1.82) is 5.26 Å². The Kier molecular flexibility index (Phi) is 7.90. The summed E-state index contributed by atoms with van der Waals surface area (Å²) >= 11 is 0. The summed E-state index contributed by atoms with van der Waals surface area (Å²) < 4.78 is 11.9. The van der Waals surface area contributed by atoms with Gasteiger partial charge in [0.2, 0.25) is 5.69 Å². The molecule has 0 saturated carbocycles. The van der Waals surface area contributed by atoms with Crippen molar-refractivity contribution in [2.75, 3.05) is 0 Å². The third-order valence-corrected chi connectivity index (χ3v) is 11.0. The van der Waals surface area contributed by atoms with Crippen molar-refractivity contribution in [2.24, 2.45) is 7.05 Å². The van der Waals surface area contributed by atoms with Gasteiger partial charge in [-0.05, 0) is 81.2 Å². The minimum Gasteiger partial charge on any atom is -0.453 e. The van der Waals surface area contributed by atoms with E-state index in [0.717, 1.165) is 49.9 Å². The van der Waals surface area contributed by atoms with Crippen LogP contribution in [0.4, 0.5) is 0 Å². The SMILES string of the molecule is Cc1cc(C(C)(C)C)c2c(oc3c(-n4c5cc(C(C)(C)C)ccc5c5ccc(C(C)(C)C)cc54)c(C#N)ccc32)c1-c1ccc(C(C)(C)C)c[n+]1C. The molecule has 0 radical (unpaired) electrons. The number of nitrogens with zero attached hydrogens (tertiary/aromatic N) is 3. The first kappa shape index (κ1) is 35.5. The van der Waals surface area contributed by atoms with Gasteiger partial charge in [0.1, 0.15) is 24.4 Å². The second kappa shape index (κ2) is 11.6. The van der Waals surface area contributed by atoms with E-state index in [9.17, 15) is 5.26 Å². The van der Waals surface area contributed by atoms with Gasteiger partial charge < -0.3 is 8.98 Å². The molecule has 3 aromatic heterocycles. The molecule has 266 valence electrons. The molecule has 52 heavy (non-hydrogen) atoms. The Labute approximate surface area is 309 Å². The van der Waals surface area contributed by atoms with E-state index in [2.05, 4.69) is 179 Å². The highest BCUT2D eigenvalue weighted by Crippen LogP contribution is 2.47. The summed E-state index contributed by atoms with van der Waals surface area (Å²) in [7, 11) is 2.13. The molecule has 0 unspecified atom stereocenters. The molecule has 0 saturated heterocycles. The standard InChI is InChI=1S/C48H54N3O/c1-28-23-36(48(11,12)13)41-35-19-15-29(26-49)42(43(35)52-44(41)40(28)37-22-18-32(27-50(37)14)47(8,9)10)51-38-24-30(45(2,3)4)16-20-33(38)34-21-17-31(25-39(34)51)46(5,6)7/h15-25,27H,1-14H3/q+1. The highest BCUT2D eigenvalue weighted by atomic mass is 16.3. The predicted molar refractivity (Wildman–Crippen MR) is 219 cm³/mol. The summed E-state index contributed by atoms with van der Waals surface area (Å²) in [6.07, 6.45) is 2.25. The average molecular weight is 689 g/mol. The number of hydrogen-bond acceptors (Lipinski definition) is 2. The lowest BCUT2D eigenvalue weighted by Gasteiger charge is -2.22. The Morgan fingerprint density at radius 1 is 0.615 bits per heavy atom. The van der Waals surface area contributed by atoms with Crippen molar-refractivity contribution in [3.63, 3.8) is 0 Å². The van der Waals surface area contributed by atoms with Gasteiger partial charge in [0.05, 0.1) is 22.2 Å². The molecule has 0 bridgehead atoms. The molecule has 0 atom stereocenters. The molecular formula is C48H54N3O+. The molecule has 4 heteroatoms. The summed E-state index contributed by atoms with van der Waals surface area (Å²) in [6.45, 7) is 29.3. The summed E-state index contributed by atoms with van der Waals surface area (Å²) in [5.41, 5.74) is 13.3. The number of pyridine rings is 1. The van der Waals surface area contributed by atoms with Gasteiger partial charge in [0, 0.05) is 33.2 Å². The summed E-state index contributed by atoms with van der Waals surface area (Å²) in [4.78, 5) is 0. The van der Waals surface area contributed by atoms with Gasteiger partial charge >= 0.3 is 0 Å². The van der Waals surface area contributed by atoms with Crippen LogP contribution in [0, 0.1) is 18.3 Å². The van der Waals surface area contributed by atoms with Gasteiger partial charge in [0.25, 0.3) is 0 Å². The van der Waals surface area contributed by atoms with Crippen molar-refractivity contribution >= 4 is 43.7 Å². The topological polar surface area (TPSA) is 45.7 Å². The minimum absolute atomic E-state index is 0.0285. The Morgan fingerprint density at radius 3 is 1.62 bits per heavy atom. The number of furan rings is 1. The van der Waals surface area contributed by atoms with Crippen LogP contribution in [0.5, 0.6) is 0 Å².